The van der Waals surface area contributed by atoms with Gasteiger partial charge in [-0.2, -0.15) is 0 Å². The number of nitrogens with zero attached hydrogens (tertiary/aromatic N) is 3. The van der Waals surface area contributed by atoms with Crippen molar-refractivity contribution < 1.29 is 4.79 Å². The van der Waals surface area contributed by atoms with Gasteiger partial charge in [0.15, 0.2) is 0 Å². The second-order valence-electron chi connectivity index (χ2n) is 7.63. The van der Waals surface area contributed by atoms with Crippen molar-refractivity contribution in [2.24, 2.45) is 10.7 Å². The molecule has 1 fully saturated rings. The van der Waals surface area contributed by atoms with E-state index in [4.69, 9.17) is 10.7 Å². The number of aromatic nitrogens is 1. The Bertz CT molecular complexity index is 1060. The molecule has 146 valence electrons. The highest BCUT2D eigenvalue weighted by Crippen LogP contribution is 2.34. The molecule has 0 saturated carbocycles. The number of hydrogen-bond acceptors (Lipinski definition) is 4. The van der Waals surface area contributed by atoms with Crippen molar-refractivity contribution in [2.45, 2.75) is 18.5 Å². The molecule has 0 aliphatic carbocycles. The van der Waals surface area contributed by atoms with E-state index in [1.54, 1.807) is 0 Å². The number of nitrogens with two attached hydrogens (primary N) is 1. The van der Waals surface area contributed by atoms with Gasteiger partial charge in [-0.15, -0.1) is 0 Å². The number of amides is 1. The Hall–Kier alpha value is -3.54. The highest BCUT2D eigenvalue weighted by atomic mass is 16.2. The monoisotopic (exact) mass is 385 g/mol. The number of carbonyl (C=O) groups excluding carboxylic acids is 1. The number of fused-ring (bicyclic) bond motifs is 1. The number of rotatable bonds is 2. The third-order valence-corrected chi connectivity index (χ3v) is 5.80. The van der Waals surface area contributed by atoms with Crippen LogP contribution in [0.5, 0.6) is 0 Å². The van der Waals surface area contributed by atoms with E-state index in [0.29, 0.717) is 24.5 Å². The number of para-hydroxylation sites is 1. The van der Waals surface area contributed by atoms with Crippen LogP contribution in [-0.4, -0.2) is 40.0 Å². The second kappa shape index (κ2) is 6.81. The van der Waals surface area contributed by atoms with Crippen LogP contribution in [0.1, 0.15) is 28.8 Å². The summed E-state index contributed by atoms with van der Waals surface area (Å²) in [5, 5.41) is 3.56. The largest absolute Gasteiger partial charge is 0.383 e. The van der Waals surface area contributed by atoms with Crippen molar-refractivity contribution in [1.82, 2.24) is 9.47 Å². The van der Waals surface area contributed by atoms with Crippen LogP contribution in [0.25, 0.3) is 5.69 Å². The SMILES string of the molecule is NC1=NC2(CCN(C(=O)c3ccc(-n4cccc4)cc3)CC2)Nc2ccccc21. The molecule has 5 rings (SSSR count). The molecule has 29 heavy (non-hydrogen) atoms. The molecular weight excluding hydrogens is 362 g/mol. The number of carbonyl (C=O) groups is 1. The number of benzene rings is 2. The van der Waals surface area contributed by atoms with Crippen molar-refractivity contribution in [2.75, 3.05) is 18.4 Å². The maximum absolute atomic E-state index is 13.0. The lowest BCUT2D eigenvalue weighted by molar-refractivity contribution is 0.0685. The van der Waals surface area contributed by atoms with Crippen molar-refractivity contribution in [3.05, 3.63) is 84.2 Å². The van der Waals surface area contributed by atoms with Gasteiger partial charge >= 0.3 is 0 Å². The van der Waals surface area contributed by atoms with E-state index in [1.807, 2.05) is 82.5 Å². The minimum atomic E-state index is -0.423. The first-order valence-electron chi connectivity index (χ1n) is 9.89. The Morgan fingerprint density at radius 1 is 0.966 bits per heavy atom. The van der Waals surface area contributed by atoms with Crippen LogP contribution in [0.15, 0.2) is 78.0 Å². The summed E-state index contributed by atoms with van der Waals surface area (Å²) in [6.07, 6.45) is 5.44. The normalized spacial score (nSPS) is 17.4. The molecule has 0 unspecified atom stereocenters. The molecule has 3 aromatic rings. The van der Waals surface area contributed by atoms with Gasteiger partial charge in [-0.25, -0.2) is 4.99 Å². The van der Waals surface area contributed by atoms with E-state index < -0.39 is 5.66 Å². The molecule has 0 bridgehead atoms. The predicted molar refractivity (Wildman–Crippen MR) is 114 cm³/mol. The van der Waals surface area contributed by atoms with Crippen LogP contribution in [0.3, 0.4) is 0 Å². The first-order chi connectivity index (χ1) is 14.1. The highest BCUT2D eigenvalue weighted by Gasteiger charge is 2.38. The number of hydrogen-bond donors (Lipinski definition) is 2. The summed E-state index contributed by atoms with van der Waals surface area (Å²) in [5.74, 6) is 0.631. The molecule has 3 N–H and O–H groups in total. The van der Waals surface area contributed by atoms with Crippen molar-refractivity contribution in [1.29, 1.82) is 0 Å². The lowest BCUT2D eigenvalue weighted by atomic mass is 9.93. The molecular formula is C23H23N5O. The van der Waals surface area contributed by atoms with Crippen molar-refractivity contribution in [3.8, 4) is 5.69 Å². The fourth-order valence-corrected chi connectivity index (χ4v) is 4.17. The standard InChI is InChI=1S/C23H23N5O/c24-21-19-5-1-2-6-20(19)25-23(26-21)11-15-28(16-12-23)22(29)17-7-9-18(10-8-17)27-13-3-4-14-27/h1-10,13-14,25H,11-12,15-16H2,(H2,24,26). The number of piperidine rings is 1. The van der Waals surface area contributed by atoms with Crippen LogP contribution in [0, 0.1) is 0 Å². The number of aliphatic imine (C=N–C) groups is 1. The zero-order valence-electron chi connectivity index (χ0n) is 16.1. The van der Waals surface area contributed by atoms with E-state index in [2.05, 4.69) is 5.32 Å². The molecule has 1 saturated heterocycles. The Balaban J connectivity index is 1.29. The Labute approximate surface area is 169 Å². The maximum atomic E-state index is 13.0. The van der Waals surface area contributed by atoms with Gasteiger partial charge in [0.25, 0.3) is 5.91 Å². The van der Waals surface area contributed by atoms with Crippen LogP contribution in [0.2, 0.25) is 0 Å². The van der Waals surface area contributed by atoms with Gasteiger partial charge in [-0.05, 0) is 48.5 Å². The average molecular weight is 385 g/mol. The molecule has 2 aromatic carbocycles. The Kier molecular flexibility index (Phi) is 4.12. The zero-order valence-corrected chi connectivity index (χ0v) is 16.1. The maximum Gasteiger partial charge on any atom is 0.253 e. The molecule has 2 aliphatic heterocycles. The van der Waals surface area contributed by atoms with Crippen LogP contribution in [-0.2, 0) is 0 Å². The number of likely N-dealkylation sites (tertiary alicyclic amines) is 1. The smallest absolute Gasteiger partial charge is 0.253 e. The third kappa shape index (κ3) is 3.16. The minimum Gasteiger partial charge on any atom is -0.383 e. The van der Waals surface area contributed by atoms with E-state index in [-0.39, 0.29) is 5.91 Å². The lowest BCUT2D eigenvalue weighted by Gasteiger charge is -2.42. The lowest BCUT2D eigenvalue weighted by Crippen LogP contribution is -2.52. The third-order valence-electron chi connectivity index (χ3n) is 5.80. The number of anilines is 1. The second-order valence-corrected chi connectivity index (χ2v) is 7.63. The van der Waals surface area contributed by atoms with Gasteiger partial charge in [-0.3, -0.25) is 4.79 Å². The molecule has 2 aliphatic rings. The van der Waals surface area contributed by atoms with Gasteiger partial charge in [0.05, 0.1) is 0 Å². The predicted octanol–water partition coefficient (Wildman–Crippen LogP) is 3.24. The van der Waals surface area contributed by atoms with Crippen LogP contribution >= 0.6 is 0 Å². The molecule has 0 atom stereocenters. The van der Waals surface area contributed by atoms with E-state index in [1.165, 1.54) is 0 Å². The average Bonchev–Trinajstić information content (AvgIpc) is 3.29. The summed E-state index contributed by atoms with van der Waals surface area (Å²) in [5.41, 5.74) is 9.50. The first kappa shape index (κ1) is 17.6. The van der Waals surface area contributed by atoms with Gasteiger partial charge < -0.3 is 20.5 Å². The molecule has 1 amide bonds. The fraction of sp³-hybridized carbons (Fsp3) is 0.217. The van der Waals surface area contributed by atoms with E-state index in [9.17, 15) is 4.79 Å². The van der Waals surface area contributed by atoms with Gasteiger partial charge in [0, 0.05) is 60.8 Å². The minimum absolute atomic E-state index is 0.0621. The summed E-state index contributed by atoms with van der Waals surface area (Å²) in [7, 11) is 0. The summed E-state index contributed by atoms with van der Waals surface area (Å²) in [4.78, 5) is 19.6. The molecule has 6 nitrogen and oxygen atoms in total. The summed E-state index contributed by atoms with van der Waals surface area (Å²) in [6.45, 7) is 1.29. The van der Waals surface area contributed by atoms with Gasteiger partial charge in [-0.1, -0.05) is 12.1 Å². The highest BCUT2D eigenvalue weighted by molar-refractivity contribution is 6.04. The van der Waals surface area contributed by atoms with Crippen LogP contribution < -0.4 is 11.1 Å². The van der Waals surface area contributed by atoms with Gasteiger partial charge in [0.1, 0.15) is 11.5 Å². The molecule has 1 spiro atoms. The molecule has 3 heterocycles. The molecule has 1 aromatic heterocycles. The van der Waals surface area contributed by atoms with Crippen molar-refractivity contribution >= 4 is 17.4 Å². The summed E-state index contributed by atoms with van der Waals surface area (Å²) >= 11 is 0. The quantitative estimate of drug-likeness (QED) is 0.711. The number of amidine groups is 1. The zero-order chi connectivity index (χ0) is 19.8. The van der Waals surface area contributed by atoms with Gasteiger partial charge in [0.2, 0.25) is 0 Å². The Morgan fingerprint density at radius 3 is 2.38 bits per heavy atom. The van der Waals surface area contributed by atoms with E-state index in [0.717, 1.165) is 29.8 Å². The first-order valence-corrected chi connectivity index (χ1v) is 9.89. The Morgan fingerprint density at radius 2 is 1.66 bits per heavy atom. The molecule has 0 radical (unpaired) electrons. The summed E-state index contributed by atoms with van der Waals surface area (Å²) in [6, 6.07) is 19.7. The number of nitrogens with one attached hydrogen (secondary N) is 1. The van der Waals surface area contributed by atoms with Crippen LogP contribution in [0.4, 0.5) is 5.69 Å². The molecule has 6 heteroatoms. The summed E-state index contributed by atoms with van der Waals surface area (Å²) < 4.78 is 2.02. The topological polar surface area (TPSA) is 75.6 Å². The van der Waals surface area contributed by atoms with Crippen molar-refractivity contribution in [3.63, 3.8) is 0 Å². The van der Waals surface area contributed by atoms with E-state index >= 15 is 0 Å². The fourth-order valence-electron chi connectivity index (χ4n) is 4.17.